The van der Waals surface area contributed by atoms with Crippen molar-refractivity contribution in [2.24, 2.45) is 22.7 Å². The highest BCUT2D eigenvalue weighted by Gasteiger charge is 2.42. The van der Waals surface area contributed by atoms with Gasteiger partial charge in [-0.1, -0.05) is 41.5 Å². The first kappa shape index (κ1) is 28.3. The smallest absolute Gasteiger partial charge is 0.306 e. The minimum absolute atomic E-state index is 0.200. The first-order valence-corrected chi connectivity index (χ1v) is 13.7. The molecule has 2 aliphatic rings. The Bertz CT molecular complexity index is 602. The van der Waals surface area contributed by atoms with Crippen molar-refractivity contribution in [1.29, 1.82) is 0 Å². The van der Waals surface area contributed by atoms with Gasteiger partial charge in [0.1, 0.15) is 0 Å². The van der Waals surface area contributed by atoms with Crippen molar-refractivity contribution in [1.82, 2.24) is 18.7 Å². The lowest BCUT2D eigenvalue weighted by atomic mass is 9.81. The maximum absolute atomic E-state index is 12.4. The van der Waals surface area contributed by atoms with Crippen molar-refractivity contribution >= 4 is 15.3 Å². The van der Waals surface area contributed by atoms with Crippen molar-refractivity contribution < 1.29 is 18.2 Å². The van der Waals surface area contributed by atoms with Crippen LogP contribution in [0.5, 0.6) is 0 Å². The van der Waals surface area contributed by atoms with E-state index in [0.717, 1.165) is 13.1 Å². The van der Waals surface area contributed by atoms with Gasteiger partial charge in [0.25, 0.3) is 0 Å². The van der Waals surface area contributed by atoms with Gasteiger partial charge in [-0.05, 0) is 53.1 Å². The van der Waals surface area contributed by atoms with E-state index >= 15 is 0 Å². The van der Waals surface area contributed by atoms with E-state index in [1.54, 1.807) is 37.5 Å². The molecule has 0 aromatic heterocycles. The molecule has 2 saturated heterocycles. The van der Waals surface area contributed by atoms with Crippen LogP contribution in [-0.4, -0.2) is 87.3 Å². The first-order valence-electron chi connectivity index (χ1n) is 10.6. The summed E-state index contributed by atoms with van der Waals surface area (Å²) < 4.78 is 43.0. The van der Waals surface area contributed by atoms with Crippen LogP contribution in [0.4, 0.5) is 0 Å². The number of hydrogen-bond donors (Lipinski definition) is 0. The maximum atomic E-state index is 12.4. The molecule has 2 aliphatic heterocycles. The Morgan fingerprint density at radius 3 is 1.13 bits per heavy atom. The summed E-state index contributed by atoms with van der Waals surface area (Å²) in [6, 6.07) is 0. The van der Waals surface area contributed by atoms with E-state index in [9.17, 15) is 9.13 Å². The van der Waals surface area contributed by atoms with E-state index in [4.69, 9.17) is 9.05 Å². The lowest BCUT2D eigenvalue weighted by molar-refractivity contribution is 0.0759. The summed E-state index contributed by atoms with van der Waals surface area (Å²) in [7, 11) is 5.52. The second-order valence-electron chi connectivity index (χ2n) is 11.1. The predicted molar refractivity (Wildman–Crippen MR) is 126 cm³/mol. The highest BCUT2D eigenvalue weighted by atomic mass is 31.2. The van der Waals surface area contributed by atoms with Gasteiger partial charge in [0.2, 0.25) is 0 Å². The normalized spacial score (nSPS) is 34.7. The minimum atomic E-state index is -2.72. The standard InChI is InChI=1S/2C10H23N2O2P/c2*1-10(2,3)9-7-12(6)15(13,11(4)5)14-8-9/h2*9H,7-8H2,1-6H3. The van der Waals surface area contributed by atoms with Crippen LogP contribution in [0.1, 0.15) is 41.5 Å². The maximum Gasteiger partial charge on any atom is 0.345 e. The number of rotatable bonds is 2. The van der Waals surface area contributed by atoms with Crippen LogP contribution in [-0.2, 0) is 18.2 Å². The van der Waals surface area contributed by atoms with E-state index in [2.05, 4.69) is 41.5 Å². The van der Waals surface area contributed by atoms with Gasteiger partial charge in [-0.25, -0.2) is 18.7 Å². The third-order valence-corrected chi connectivity index (χ3v) is 11.2. The van der Waals surface area contributed by atoms with Crippen molar-refractivity contribution in [2.75, 3.05) is 68.6 Å². The Balaban J connectivity index is 0.000000300. The number of nitrogens with zero attached hydrogens (tertiary/aromatic N) is 4. The zero-order valence-corrected chi connectivity index (χ0v) is 23.1. The van der Waals surface area contributed by atoms with Crippen LogP contribution in [0.2, 0.25) is 0 Å². The van der Waals surface area contributed by atoms with Gasteiger partial charge in [0, 0.05) is 24.9 Å². The topological polar surface area (TPSA) is 65.6 Å². The van der Waals surface area contributed by atoms with Crippen LogP contribution < -0.4 is 0 Å². The fourth-order valence-electron chi connectivity index (χ4n) is 3.41. The summed E-state index contributed by atoms with van der Waals surface area (Å²) in [5.41, 5.74) is 0.400. The average Bonchev–Trinajstić information content (AvgIpc) is 2.58. The van der Waals surface area contributed by atoms with Gasteiger partial charge in [0.05, 0.1) is 13.2 Å². The SMILES string of the molecule is CN(C)P1(=O)OCC(C(C)(C)C)CN1C.CN(C)P1(=O)OCC(C(C)(C)C)CN1C. The summed E-state index contributed by atoms with van der Waals surface area (Å²) in [6.45, 7) is 16.0. The largest absolute Gasteiger partial charge is 0.345 e. The zero-order chi connectivity index (χ0) is 23.7. The fourth-order valence-corrected chi connectivity index (χ4v) is 7.04. The molecule has 8 nitrogen and oxygen atoms in total. The molecule has 2 rings (SSSR count). The van der Waals surface area contributed by atoms with Crippen LogP contribution in [0.3, 0.4) is 0 Å². The van der Waals surface area contributed by atoms with Gasteiger partial charge >= 0.3 is 15.3 Å². The molecule has 2 fully saturated rings. The Hall–Kier alpha value is 0.220. The lowest BCUT2D eigenvalue weighted by Gasteiger charge is -2.43. The highest BCUT2D eigenvalue weighted by Crippen LogP contribution is 2.56. The van der Waals surface area contributed by atoms with Gasteiger partial charge in [-0.15, -0.1) is 0 Å². The van der Waals surface area contributed by atoms with Crippen molar-refractivity contribution in [2.45, 2.75) is 41.5 Å². The molecule has 30 heavy (non-hydrogen) atoms. The van der Waals surface area contributed by atoms with Crippen LogP contribution in [0, 0.1) is 22.7 Å². The molecule has 4 atom stereocenters. The molecular weight excluding hydrogens is 422 g/mol. The summed E-state index contributed by atoms with van der Waals surface area (Å²) in [6.07, 6.45) is 0. The molecule has 0 spiro atoms. The zero-order valence-electron chi connectivity index (χ0n) is 21.3. The molecular formula is C20H46N4O4P2. The fraction of sp³-hybridized carbons (Fsp3) is 1.00. The van der Waals surface area contributed by atoms with Crippen LogP contribution in [0.15, 0.2) is 0 Å². The molecule has 0 saturated carbocycles. The van der Waals surface area contributed by atoms with E-state index < -0.39 is 15.3 Å². The highest BCUT2D eigenvalue weighted by molar-refractivity contribution is 7.54. The third-order valence-electron chi connectivity index (χ3n) is 6.18. The van der Waals surface area contributed by atoms with Gasteiger partial charge in [-0.2, -0.15) is 0 Å². The summed E-state index contributed by atoms with van der Waals surface area (Å²) in [4.78, 5) is 0. The van der Waals surface area contributed by atoms with E-state index in [0.29, 0.717) is 25.0 Å². The van der Waals surface area contributed by atoms with Crippen molar-refractivity contribution in [3.8, 4) is 0 Å². The Kier molecular flexibility index (Phi) is 9.43. The molecule has 0 amide bonds. The predicted octanol–water partition coefficient (Wildman–Crippen LogP) is 4.56. The molecule has 2 heterocycles. The summed E-state index contributed by atoms with van der Waals surface area (Å²) >= 11 is 0. The quantitative estimate of drug-likeness (QED) is 0.547. The molecule has 0 aliphatic carbocycles. The van der Waals surface area contributed by atoms with Crippen molar-refractivity contribution in [3.05, 3.63) is 0 Å². The molecule has 0 aromatic rings. The average molecular weight is 469 g/mol. The molecule has 10 heteroatoms. The van der Waals surface area contributed by atoms with Crippen LogP contribution in [0.25, 0.3) is 0 Å². The molecule has 0 radical (unpaired) electrons. The first-order chi connectivity index (χ1) is 13.4. The van der Waals surface area contributed by atoms with E-state index in [1.807, 2.05) is 23.4 Å². The number of hydrogen-bond acceptors (Lipinski definition) is 4. The molecule has 4 unspecified atom stereocenters. The Labute approximate surface area is 185 Å². The van der Waals surface area contributed by atoms with Crippen LogP contribution >= 0.6 is 15.3 Å². The Morgan fingerprint density at radius 2 is 0.967 bits per heavy atom. The third kappa shape index (κ3) is 6.62. The van der Waals surface area contributed by atoms with Gasteiger partial charge in [-0.3, -0.25) is 9.13 Å². The second-order valence-corrected chi connectivity index (χ2v) is 16.5. The summed E-state index contributed by atoms with van der Waals surface area (Å²) in [5.74, 6) is 0.869. The molecule has 0 bridgehead atoms. The Morgan fingerprint density at radius 1 is 0.700 bits per heavy atom. The minimum Gasteiger partial charge on any atom is -0.306 e. The monoisotopic (exact) mass is 468 g/mol. The molecule has 0 N–H and O–H groups in total. The van der Waals surface area contributed by atoms with E-state index in [1.165, 1.54) is 0 Å². The van der Waals surface area contributed by atoms with E-state index in [-0.39, 0.29) is 10.8 Å². The lowest BCUT2D eigenvalue weighted by Crippen LogP contribution is -2.42. The second kappa shape index (κ2) is 10.0. The summed E-state index contributed by atoms with van der Waals surface area (Å²) in [5, 5.41) is 0. The van der Waals surface area contributed by atoms with Gasteiger partial charge in [0.15, 0.2) is 0 Å². The van der Waals surface area contributed by atoms with Crippen molar-refractivity contribution in [3.63, 3.8) is 0 Å². The van der Waals surface area contributed by atoms with Gasteiger partial charge < -0.3 is 9.05 Å². The molecule has 0 aromatic carbocycles. The molecule has 180 valence electrons.